The summed E-state index contributed by atoms with van der Waals surface area (Å²) in [6.07, 6.45) is 3.89. The van der Waals surface area contributed by atoms with Crippen LogP contribution in [0.5, 0.6) is 0 Å². The van der Waals surface area contributed by atoms with Crippen LogP contribution in [-0.4, -0.2) is 36.0 Å². The summed E-state index contributed by atoms with van der Waals surface area (Å²) in [7, 11) is 0. The van der Waals surface area contributed by atoms with Crippen molar-refractivity contribution < 1.29 is 4.92 Å². The van der Waals surface area contributed by atoms with Crippen LogP contribution in [0.15, 0.2) is 18.2 Å². The lowest BCUT2D eigenvalue weighted by atomic mass is 10.1. The van der Waals surface area contributed by atoms with Crippen molar-refractivity contribution >= 4 is 17.1 Å². The quantitative estimate of drug-likeness (QED) is 0.483. The summed E-state index contributed by atoms with van der Waals surface area (Å²) in [5, 5.41) is 13.8. The van der Waals surface area contributed by atoms with Gasteiger partial charge in [-0.25, -0.2) is 0 Å². The maximum Gasteiger partial charge on any atom is 0.271 e. The summed E-state index contributed by atoms with van der Waals surface area (Å²) in [6.45, 7) is 4.12. The Bertz CT molecular complexity index is 444. The number of nitrogens with two attached hydrogens (primary N) is 1. The van der Waals surface area contributed by atoms with Crippen LogP contribution in [0.25, 0.3) is 0 Å². The minimum Gasteiger partial charge on any atom is -0.397 e. The van der Waals surface area contributed by atoms with Crippen molar-refractivity contribution in [1.82, 2.24) is 4.90 Å². The number of hydrogen-bond acceptors (Lipinski definition) is 5. The van der Waals surface area contributed by atoms with E-state index in [1.165, 1.54) is 31.4 Å². The molecule has 1 aromatic carbocycles. The number of rotatable bonds is 5. The van der Waals surface area contributed by atoms with Gasteiger partial charge < -0.3 is 16.0 Å². The average molecular weight is 264 g/mol. The van der Waals surface area contributed by atoms with Crippen LogP contribution in [0.4, 0.5) is 17.1 Å². The van der Waals surface area contributed by atoms with Crippen LogP contribution < -0.4 is 11.1 Å². The Hall–Kier alpha value is -1.82. The first-order chi connectivity index (χ1) is 9.16. The molecule has 0 unspecified atom stereocenters. The minimum absolute atomic E-state index is 0.0269. The van der Waals surface area contributed by atoms with E-state index < -0.39 is 4.92 Å². The lowest BCUT2D eigenvalue weighted by Gasteiger charge is -2.26. The first-order valence-corrected chi connectivity index (χ1v) is 6.67. The third-order valence-corrected chi connectivity index (χ3v) is 3.44. The second-order valence-corrected chi connectivity index (χ2v) is 4.86. The van der Waals surface area contributed by atoms with Gasteiger partial charge in [0.2, 0.25) is 0 Å². The highest BCUT2D eigenvalue weighted by Crippen LogP contribution is 2.23. The van der Waals surface area contributed by atoms with Gasteiger partial charge in [0.1, 0.15) is 0 Å². The van der Waals surface area contributed by atoms with Crippen LogP contribution >= 0.6 is 0 Å². The number of hydrogen-bond donors (Lipinski definition) is 2. The molecule has 1 saturated heterocycles. The molecule has 1 aromatic rings. The highest BCUT2D eigenvalue weighted by molar-refractivity contribution is 5.69. The van der Waals surface area contributed by atoms with E-state index in [0.29, 0.717) is 5.69 Å². The van der Waals surface area contributed by atoms with Gasteiger partial charge in [-0.1, -0.05) is 6.42 Å². The molecule has 0 bridgehead atoms. The summed E-state index contributed by atoms with van der Waals surface area (Å²) in [5.74, 6) is 0. The molecule has 0 aromatic heterocycles. The van der Waals surface area contributed by atoms with E-state index in [1.807, 2.05) is 0 Å². The van der Waals surface area contributed by atoms with Gasteiger partial charge in [-0.05, 0) is 32.0 Å². The monoisotopic (exact) mass is 264 g/mol. The summed E-state index contributed by atoms with van der Waals surface area (Å²) >= 11 is 0. The Morgan fingerprint density at radius 2 is 2.05 bits per heavy atom. The van der Waals surface area contributed by atoms with Crippen molar-refractivity contribution in [2.45, 2.75) is 19.3 Å². The van der Waals surface area contributed by atoms with E-state index in [0.717, 1.165) is 31.9 Å². The van der Waals surface area contributed by atoms with Crippen LogP contribution in [0, 0.1) is 10.1 Å². The number of likely N-dealkylation sites (tertiary alicyclic amines) is 1. The van der Waals surface area contributed by atoms with Gasteiger partial charge in [-0.3, -0.25) is 10.1 Å². The summed E-state index contributed by atoms with van der Waals surface area (Å²) in [5.41, 5.74) is 7.02. The van der Waals surface area contributed by atoms with Gasteiger partial charge >= 0.3 is 0 Å². The molecular formula is C13H20N4O2. The third kappa shape index (κ3) is 3.82. The zero-order chi connectivity index (χ0) is 13.7. The van der Waals surface area contributed by atoms with Crippen LogP contribution in [0.2, 0.25) is 0 Å². The van der Waals surface area contributed by atoms with E-state index >= 15 is 0 Å². The fraction of sp³-hybridized carbons (Fsp3) is 0.538. The SMILES string of the molecule is Nc1cc([N+](=O)[O-])ccc1NCCN1CCCCC1. The smallest absolute Gasteiger partial charge is 0.271 e. The first-order valence-electron chi connectivity index (χ1n) is 6.67. The fourth-order valence-corrected chi connectivity index (χ4v) is 2.36. The van der Waals surface area contributed by atoms with Gasteiger partial charge in [0.15, 0.2) is 0 Å². The van der Waals surface area contributed by atoms with E-state index in [-0.39, 0.29) is 5.69 Å². The topological polar surface area (TPSA) is 84.4 Å². The zero-order valence-electron chi connectivity index (χ0n) is 11.0. The molecule has 6 heteroatoms. The fourth-order valence-electron chi connectivity index (χ4n) is 2.36. The predicted molar refractivity (Wildman–Crippen MR) is 76.3 cm³/mol. The molecule has 2 rings (SSSR count). The number of nitro benzene ring substituents is 1. The lowest BCUT2D eigenvalue weighted by Crippen LogP contribution is -2.33. The van der Waals surface area contributed by atoms with E-state index in [1.54, 1.807) is 6.07 Å². The van der Waals surface area contributed by atoms with Crippen molar-refractivity contribution in [3.63, 3.8) is 0 Å². The highest BCUT2D eigenvalue weighted by atomic mass is 16.6. The molecule has 0 amide bonds. The Morgan fingerprint density at radius 1 is 1.32 bits per heavy atom. The molecule has 0 aliphatic carbocycles. The number of nitrogen functional groups attached to an aromatic ring is 1. The largest absolute Gasteiger partial charge is 0.397 e. The molecule has 3 N–H and O–H groups in total. The molecule has 1 aliphatic rings. The maximum atomic E-state index is 10.6. The van der Waals surface area contributed by atoms with E-state index in [2.05, 4.69) is 10.2 Å². The van der Waals surface area contributed by atoms with Crippen molar-refractivity contribution in [2.75, 3.05) is 37.2 Å². The van der Waals surface area contributed by atoms with Crippen molar-refractivity contribution in [3.8, 4) is 0 Å². The Kier molecular flexibility index (Phi) is 4.57. The molecule has 6 nitrogen and oxygen atoms in total. The van der Waals surface area contributed by atoms with E-state index in [9.17, 15) is 10.1 Å². The van der Waals surface area contributed by atoms with E-state index in [4.69, 9.17) is 5.73 Å². The summed E-state index contributed by atoms with van der Waals surface area (Å²) in [4.78, 5) is 12.6. The third-order valence-electron chi connectivity index (χ3n) is 3.44. The average Bonchev–Trinajstić information content (AvgIpc) is 2.41. The highest BCUT2D eigenvalue weighted by Gasteiger charge is 2.11. The first kappa shape index (κ1) is 13.6. The molecule has 0 atom stereocenters. The normalized spacial score (nSPS) is 16.2. The van der Waals surface area contributed by atoms with Gasteiger partial charge in [0, 0.05) is 25.2 Å². The number of anilines is 2. The number of nitrogens with one attached hydrogen (secondary N) is 1. The Labute approximate surface area is 112 Å². The number of nitro groups is 1. The number of benzene rings is 1. The molecule has 0 spiro atoms. The molecule has 104 valence electrons. The maximum absolute atomic E-state index is 10.6. The molecule has 19 heavy (non-hydrogen) atoms. The number of piperidine rings is 1. The standard InChI is InChI=1S/C13H20N4O2/c14-12-10-11(17(18)19)4-5-13(12)15-6-9-16-7-2-1-3-8-16/h4-5,10,15H,1-3,6-9,14H2. The minimum atomic E-state index is -0.437. The second-order valence-electron chi connectivity index (χ2n) is 4.86. The molecular weight excluding hydrogens is 244 g/mol. The van der Waals surface area contributed by atoms with Crippen LogP contribution in [0.1, 0.15) is 19.3 Å². The number of nitrogens with zero attached hydrogens (tertiary/aromatic N) is 2. The lowest BCUT2D eigenvalue weighted by molar-refractivity contribution is -0.384. The van der Waals surface area contributed by atoms with Crippen molar-refractivity contribution in [2.24, 2.45) is 0 Å². The Morgan fingerprint density at radius 3 is 2.68 bits per heavy atom. The number of non-ortho nitro benzene ring substituents is 1. The second kappa shape index (κ2) is 6.38. The predicted octanol–water partition coefficient (Wildman–Crippen LogP) is 2.07. The van der Waals surface area contributed by atoms with Crippen LogP contribution in [-0.2, 0) is 0 Å². The molecule has 0 saturated carbocycles. The molecule has 0 radical (unpaired) electrons. The van der Waals surface area contributed by atoms with Gasteiger partial charge in [-0.15, -0.1) is 0 Å². The van der Waals surface area contributed by atoms with Gasteiger partial charge in [0.25, 0.3) is 5.69 Å². The van der Waals surface area contributed by atoms with Crippen molar-refractivity contribution in [1.29, 1.82) is 0 Å². The van der Waals surface area contributed by atoms with Gasteiger partial charge in [0.05, 0.1) is 16.3 Å². The molecule has 1 aliphatic heterocycles. The summed E-state index contributed by atoms with van der Waals surface area (Å²) < 4.78 is 0. The molecule has 1 heterocycles. The van der Waals surface area contributed by atoms with Gasteiger partial charge in [-0.2, -0.15) is 0 Å². The van der Waals surface area contributed by atoms with Crippen LogP contribution in [0.3, 0.4) is 0 Å². The molecule has 1 fully saturated rings. The van der Waals surface area contributed by atoms with Crippen molar-refractivity contribution in [3.05, 3.63) is 28.3 Å². The Balaban J connectivity index is 1.83. The zero-order valence-corrected chi connectivity index (χ0v) is 11.0. The summed E-state index contributed by atoms with van der Waals surface area (Å²) in [6, 6.07) is 4.53.